The van der Waals surface area contributed by atoms with Gasteiger partial charge in [-0.2, -0.15) is 10.2 Å². The van der Waals surface area contributed by atoms with Crippen molar-refractivity contribution in [2.45, 2.75) is 13.5 Å². The van der Waals surface area contributed by atoms with E-state index in [4.69, 9.17) is 17.3 Å². The van der Waals surface area contributed by atoms with Crippen LogP contribution in [0.3, 0.4) is 0 Å². The third-order valence-corrected chi connectivity index (χ3v) is 4.19. The van der Waals surface area contributed by atoms with E-state index in [0.29, 0.717) is 11.7 Å². The van der Waals surface area contributed by atoms with E-state index in [0.717, 1.165) is 16.8 Å². The first-order valence-corrected chi connectivity index (χ1v) is 8.76. The van der Waals surface area contributed by atoms with E-state index in [1.807, 2.05) is 29.1 Å². The second-order valence-electron chi connectivity index (χ2n) is 5.93. The predicted molar refractivity (Wildman–Crippen MR) is 110 cm³/mol. The molecule has 0 aliphatic rings. The number of rotatable bonds is 5. The molecule has 2 aromatic carbocycles. The first-order valence-electron chi connectivity index (χ1n) is 8.35. The van der Waals surface area contributed by atoms with Gasteiger partial charge in [-0.05, 0) is 24.7 Å². The Hall–Kier alpha value is -2.99. The molecule has 0 spiro atoms. The van der Waals surface area contributed by atoms with Crippen molar-refractivity contribution in [1.29, 1.82) is 0 Å². The highest BCUT2D eigenvalue weighted by atomic mass is 32.1. The Morgan fingerprint density at radius 1 is 1.15 bits per heavy atom. The molecule has 3 aromatic rings. The Labute approximate surface area is 158 Å². The lowest BCUT2D eigenvalue weighted by Crippen LogP contribution is -2.28. The highest BCUT2D eigenvalue weighted by molar-refractivity contribution is 7.80. The summed E-state index contributed by atoms with van der Waals surface area (Å²) in [5.41, 5.74) is 8.07. The van der Waals surface area contributed by atoms with Gasteiger partial charge in [0.05, 0.1) is 12.8 Å². The van der Waals surface area contributed by atoms with Gasteiger partial charge in [0.2, 0.25) is 0 Å². The SMILES string of the molecule is CNC(=S)N/N=C\c1cn(Cc2ccccc2)nc1-c1ccc(C)cc1. The standard InChI is InChI=1S/C20H21N5S/c1-15-8-10-17(11-9-15)19-18(12-22-23-20(26)21-2)14-25(24-19)13-16-6-4-3-5-7-16/h3-12,14H,13H2,1-2H3,(H2,21,23,26)/b22-12-. The van der Waals surface area contributed by atoms with Crippen molar-refractivity contribution in [3.8, 4) is 11.3 Å². The molecule has 0 amide bonds. The molecule has 1 aromatic heterocycles. The molecular weight excluding hydrogens is 342 g/mol. The normalized spacial score (nSPS) is 10.8. The molecule has 0 unspecified atom stereocenters. The van der Waals surface area contributed by atoms with Gasteiger partial charge in [0, 0.05) is 24.4 Å². The largest absolute Gasteiger partial charge is 0.364 e. The number of aryl methyl sites for hydroxylation is 1. The summed E-state index contributed by atoms with van der Waals surface area (Å²) < 4.78 is 1.93. The average molecular weight is 363 g/mol. The summed E-state index contributed by atoms with van der Waals surface area (Å²) in [7, 11) is 1.75. The van der Waals surface area contributed by atoms with Crippen molar-refractivity contribution in [2.75, 3.05) is 7.05 Å². The number of nitrogens with one attached hydrogen (secondary N) is 2. The third-order valence-electron chi connectivity index (χ3n) is 3.90. The first kappa shape index (κ1) is 17.8. The molecule has 0 aliphatic carbocycles. The number of hydrogen-bond acceptors (Lipinski definition) is 3. The zero-order valence-corrected chi connectivity index (χ0v) is 15.6. The smallest absolute Gasteiger partial charge is 0.186 e. The molecule has 5 nitrogen and oxygen atoms in total. The van der Waals surface area contributed by atoms with Crippen LogP contribution in [0.2, 0.25) is 0 Å². The van der Waals surface area contributed by atoms with Crippen molar-refractivity contribution >= 4 is 23.5 Å². The van der Waals surface area contributed by atoms with Gasteiger partial charge in [-0.15, -0.1) is 0 Å². The van der Waals surface area contributed by atoms with E-state index in [1.54, 1.807) is 13.3 Å². The van der Waals surface area contributed by atoms with Crippen molar-refractivity contribution in [3.05, 3.63) is 77.5 Å². The summed E-state index contributed by atoms with van der Waals surface area (Å²) in [5.74, 6) is 0. The topological polar surface area (TPSA) is 54.2 Å². The molecule has 6 heteroatoms. The molecule has 132 valence electrons. The van der Waals surface area contributed by atoms with Gasteiger partial charge in [-0.1, -0.05) is 60.2 Å². The van der Waals surface area contributed by atoms with Crippen LogP contribution in [0.25, 0.3) is 11.3 Å². The van der Waals surface area contributed by atoms with E-state index in [1.165, 1.54) is 11.1 Å². The molecule has 0 saturated carbocycles. The summed E-state index contributed by atoms with van der Waals surface area (Å²) in [6.07, 6.45) is 3.74. The molecule has 0 aliphatic heterocycles. The Morgan fingerprint density at radius 3 is 2.58 bits per heavy atom. The van der Waals surface area contributed by atoms with Crippen molar-refractivity contribution in [2.24, 2.45) is 5.10 Å². The number of nitrogens with zero attached hydrogens (tertiary/aromatic N) is 3. The zero-order chi connectivity index (χ0) is 18.4. The lowest BCUT2D eigenvalue weighted by atomic mass is 10.1. The highest BCUT2D eigenvalue weighted by Gasteiger charge is 2.10. The predicted octanol–water partition coefficient (Wildman–Crippen LogP) is 3.33. The molecule has 3 rings (SSSR count). The Bertz CT molecular complexity index is 898. The number of benzene rings is 2. The molecule has 26 heavy (non-hydrogen) atoms. The molecule has 1 heterocycles. The van der Waals surface area contributed by atoms with E-state index in [9.17, 15) is 0 Å². The Morgan fingerprint density at radius 2 is 1.88 bits per heavy atom. The monoisotopic (exact) mass is 363 g/mol. The molecule has 2 N–H and O–H groups in total. The Kier molecular flexibility index (Phi) is 5.76. The van der Waals surface area contributed by atoms with E-state index >= 15 is 0 Å². The lowest BCUT2D eigenvalue weighted by molar-refractivity contribution is 0.689. The van der Waals surface area contributed by atoms with Gasteiger partial charge in [0.1, 0.15) is 5.69 Å². The van der Waals surface area contributed by atoms with E-state index in [-0.39, 0.29) is 0 Å². The molecule has 0 atom stereocenters. The van der Waals surface area contributed by atoms with Gasteiger partial charge in [0.15, 0.2) is 5.11 Å². The second-order valence-corrected chi connectivity index (χ2v) is 6.34. The number of hydrogen-bond donors (Lipinski definition) is 2. The Balaban J connectivity index is 1.91. The van der Waals surface area contributed by atoms with Crippen molar-refractivity contribution < 1.29 is 0 Å². The van der Waals surface area contributed by atoms with Crippen LogP contribution in [0.1, 0.15) is 16.7 Å². The van der Waals surface area contributed by atoms with Gasteiger partial charge in [-0.3, -0.25) is 10.1 Å². The number of aromatic nitrogens is 2. The van der Waals surface area contributed by atoms with Crippen LogP contribution in [0.4, 0.5) is 0 Å². The van der Waals surface area contributed by atoms with Gasteiger partial charge in [-0.25, -0.2) is 0 Å². The molecular formula is C20H21N5S. The van der Waals surface area contributed by atoms with Crippen LogP contribution in [0.15, 0.2) is 65.9 Å². The maximum Gasteiger partial charge on any atom is 0.186 e. The third kappa shape index (κ3) is 4.55. The molecule has 0 fully saturated rings. The fourth-order valence-corrected chi connectivity index (χ4v) is 2.59. The summed E-state index contributed by atoms with van der Waals surface area (Å²) in [6, 6.07) is 18.6. The maximum atomic E-state index is 5.05. The fraction of sp³-hybridized carbons (Fsp3) is 0.150. The van der Waals surface area contributed by atoms with Gasteiger partial charge < -0.3 is 5.32 Å². The molecule has 0 saturated heterocycles. The molecule has 0 radical (unpaired) electrons. The van der Waals surface area contributed by atoms with Crippen LogP contribution in [-0.4, -0.2) is 28.2 Å². The molecule has 0 bridgehead atoms. The summed E-state index contributed by atoms with van der Waals surface area (Å²) in [6.45, 7) is 2.78. The lowest BCUT2D eigenvalue weighted by Gasteiger charge is -2.02. The highest BCUT2D eigenvalue weighted by Crippen LogP contribution is 2.22. The fourth-order valence-electron chi connectivity index (χ4n) is 2.53. The van der Waals surface area contributed by atoms with Crippen LogP contribution >= 0.6 is 12.2 Å². The zero-order valence-electron chi connectivity index (χ0n) is 14.8. The summed E-state index contributed by atoms with van der Waals surface area (Å²) >= 11 is 5.05. The average Bonchev–Trinajstić information content (AvgIpc) is 3.05. The second kappa shape index (κ2) is 8.40. The van der Waals surface area contributed by atoms with Crippen LogP contribution < -0.4 is 10.7 Å². The number of hydrazone groups is 1. The van der Waals surface area contributed by atoms with Crippen LogP contribution in [0.5, 0.6) is 0 Å². The van der Waals surface area contributed by atoms with Crippen LogP contribution in [0, 0.1) is 6.92 Å². The van der Waals surface area contributed by atoms with E-state index < -0.39 is 0 Å². The van der Waals surface area contributed by atoms with Crippen molar-refractivity contribution in [1.82, 2.24) is 20.5 Å². The first-order chi connectivity index (χ1) is 12.7. The quantitative estimate of drug-likeness (QED) is 0.415. The minimum Gasteiger partial charge on any atom is -0.364 e. The van der Waals surface area contributed by atoms with Crippen LogP contribution in [-0.2, 0) is 6.54 Å². The summed E-state index contributed by atoms with van der Waals surface area (Å²) in [4.78, 5) is 0. The van der Waals surface area contributed by atoms with Gasteiger partial charge >= 0.3 is 0 Å². The minimum atomic E-state index is 0.467. The number of thiocarbonyl (C=S) groups is 1. The van der Waals surface area contributed by atoms with E-state index in [2.05, 4.69) is 59.2 Å². The maximum absolute atomic E-state index is 5.05. The van der Waals surface area contributed by atoms with Crippen molar-refractivity contribution in [3.63, 3.8) is 0 Å². The minimum absolute atomic E-state index is 0.467. The van der Waals surface area contributed by atoms with Gasteiger partial charge in [0.25, 0.3) is 0 Å². The summed E-state index contributed by atoms with van der Waals surface area (Å²) in [5, 5.41) is 12.3.